The van der Waals surface area contributed by atoms with E-state index in [-0.39, 0.29) is 13.2 Å². The predicted octanol–water partition coefficient (Wildman–Crippen LogP) is 3.78. The summed E-state index contributed by atoms with van der Waals surface area (Å²) in [6.07, 6.45) is 0.441. The van der Waals surface area contributed by atoms with Crippen molar-refractivity contribution in [2.75, 3.05) is 19.5 Å². The largest absolute Gasteiger partial charge is 0.461 e. The number of rotatable bonds is 9. The molecule has 5 nitrogen and oxygen atoms in total. The Hall–Kier alpha value is -1.89. The summed E-state index contributed by atoms with van der Waals surface area (Å²) in [5, 5.41) is 0. The van der Waals surface area contributed by atoms with Gasteiger partial charge < -0.3 is 9.47 Å². The molecule has 2 aromatic carbocycles. The molecule has 2 rings (SSSR count). The molecule has 0 saturated heterocycles. The molecule has 0 spiro atoms. The smallest absolute Gasteiger partial charge is 0.264 e. The van der Waals surface area contributed by atoms with E-state index in [1.807, 2.05) is 74.5 Å². The van der Waals surface area contributed by atoms with E-state index in [2.05, 4.69) is 0 Å². The first-order chi connectivity index (χ1) is 11.8. The number of hydrogen-bond acceptors (Lipinski definition) is 5. The Morgan fingerprint density at radius 3 is 2.04 bits per heavy atom. The van der Waals surface area contributed by atoms with Crippen LogP contribution < -0.4 is 4.74 Å². The second-order valence-electron chi connectivity index (χ2n) is 6.62. The molecule has 0 aliphatic rings. The lowest BCUT2D eigenvalue weighted by Gasteiger charge is -2.27. The fourth-order valence-corrected chi connectivity index (χ4v) is 2.57. The van der Waals surface area contributed by atoms with Gasteiger partial charge in [-0.1, -0.05) is 62.4 Å². The zero-order valence-electron chi connectivity index (χ0n) is 14.7. The van der Waals surface area contributed by atoms with E-state index in [0.717, 1.165) is 11.8 Å². The molecular weight excluding hydrogens is 340 g/mol. The summed E-state index contributed by atoms with van der Waals surface area (Å²) in [6, 6.07) is 19.0. The van der Waals surface area contributed by atoms with Crippen LogP contribution >= 0.6 is 0 Å². The van der Waals surface area contributed by atoms with Crippen LogP contribution in [0, 0.1) is 5.41 Å². The van der Waals surface area contributed by atoms with Gasteiger partial charge in [0, 0.05) is 11.0 Å². The van der Waals surface area contributed by atoms with Crippen molar-refractivity contribution in [3.8, 4) is 5.75 Å². The van der Waals surface area contributed by atoms with Crippen molar-refractivity contribution in [3.63, 3.8) is 0 Å². The van der Waals surface area contributed by atoms with Gasteiger partial charge in [0.1, 0.15) is 5.75 Å². The average Bonchev–Trinajstić information content (AvgIpc) is 2.58. The fraction of sp³-hybridized carbons (Fsp3) is 0.368. The van der Waals surface area contributed by atoms with Gasteiger partial charge in [0.2, 0.25) is 6.29 Å². The van der Waals surface area contributed by atoms with Crippen molar-refractivity contribution in [3.05, 3.63) is 66.2 Å². The average molecular weight is 364 g/mol. The Kier molecular flexibility index (Phi) is 6.58. The zero-order valence-corrected chi connectivity index (χ0v) is 15.5. The van der Waals surface area contributed by atoms with Crippen LogP contribution in [0.15, 0.2) is 60.7 Å². The standard InChI is InChI=1S/C19H24O5S/c1-19(2,15-23-25(3,20)21)14-22-18(16-10-6-4-7-11-16)24-17-12-8-5-9-13-17/h4-13,18H,14-15H2,1-3H3. The zero-order chi connectivity index (χ0) is 18.3. The van der Waals surface area contributed by atoms with Crippen LogP contribution in [0.4, 0.5) is 0 Å². The summed E-state index contributed by atoms with van der Waals surface area (Å²) >= 11 is 0. The Balaban J connectivity index is 2.06. The van der Waals surface area contributed by atoms with E-state index < -0.39 is 21.8 Å². The van der Waals surface area contributed by atoms with Crippen molar-refractivity contribution < 1.29 is 22.1 Å². The number of para-hydroxylation sites is 1. The highest BCUT2D eigenvalue weighted by Crippen LogP contribution is 2.26. The Bertz CT molecular complexity index is 742. The molecule has 1 atom stereocenters. The van der Waals surface area contributed by atoms with Gasteiger partial charge in [-0.25, -0.2) is 0 Å². The molecule has 0 saturated carbocycles. The fourth-order valence-electron chi connectivity index (χ4n) is 2.04. The van der Waals surface area contributed by atoms with Crippen molar-refractivity contribution in [1.29, 1.82) is 0 Å². The van der Waals surface area contributed by atoms with Crippen molar-refractivity contribution in [2.45, 2.75) is 20.1 Å². The third kappa shape index (κ3) is 7.25. The van der Waals surface area contributed by atoms with E-state index in [0.29, 0.717) is 5.75 Å². The van der Waals surface area contributed by atoms with E-state index in [1.54, 1.807) is 0 Å². The molecule has 0 fully saturated rings. The summed E-state index contributed by atoms with van der Waals surface area (Å²) in [6.45, 7) is 4.07. The maximum Gasteiger partial charge on any atom is 0.264 e. The first-order valence-corrected chi connectivity index (χ1v) is 9.79. The van der Waals surface area contributed by atoms with Crippen molar-refractivity contribution >= 4 is 10.1 Å². The summed E-state index contributed by atoms with van der Waals surface area (Å²) in [7, 11) is -3.48. The van der Waals surface area contributed by atoms with Crippen LogP contribution in [0.3, 0.4) is 0 Å². The van der Waals surface area contributed by atoms with Crippen LogP contribution in [-0.4, -0.2) is 27.9 Å². The lowest BCUT2D eigenvalue weighted by atomic mass is 9.96. The Labute approximate surface area is 149 Å². The molecule has 0 heterocycles. The molecule has 0 aliphatic heterocycles. The molecule has 1 unspecified atom stereocenters. The normalized spacial score (nSPS) is 13.4. The highest BCUT2D eigenvalue weighted by Gasteiger charge is 2.24. The molecule has 136 valence electrons. The second kappa shape index (κ2) is 8.47. The molecule has 2 aromatic rings. The molecule has 0 bridgehead atoms. The van der Waals surface area contributed by atoms with Crippen LogP contribution in [0.2, 0.25) is 0 Å². The third-order valence-corrected chi connectivity index (χ3v) is 3.89. The highest BCUT2D eigenvalue weighted by atomic mass is 32.2. The molecule has 6 heteroatoms. The molecular formula is C19H24O5S. The number of benzene rings is 2. The summed E-state index contributed by atoms with van der Waals surface area (Å²) < 4.78 is 39.2. The van der Waals surface area contributed by atoms with Gasteiger partial charge in [0.15, 0.2) is 0 Å². The quantitative estimate of drug-likeness (QED) is 0.500. The van der Waals surface area contributed by atoms with Crippen molar-refractivity contribution in [1.82, 2.24) is 0 Å². The van der Waals surface area contributed by atoms with Crippen LogP contribution in [0.5, 0.6) is 5.75 Å². The van der Waals surface area contributed by atoms with Gasteiger partial charge in [-0.05, 0) is 12.1 Å². The lowest BCUT2D eigenvalue weighted by molar-refractivity contribution is -0.112. The molecule has 0 aliphatic carbocycles. The highest BCUT2D eigenvalue weighted by molar-refractivity contribution is 7.85. The Morgan fingerprint density at radius 2 is 1.48 bits per heavy atom. The lowest BCUT2D eigenvalue weighted by Crippen LogP contribution is -2.29. The van der Waals surface area contributed by atoms with Crippen LogP contribution in [-0.2, 0) is 19.0 Å². The van der Waals surface area contributed by atoms with Crippen molar-refractivity contribution in [2.24, 2.45) is 5.41 Å². The number of ether oxygens (including phenoxy) is 2. The monoisotopic (exact) mass is 364 g/mol. The van der Waals surface area contributed by atoms with E-state index in [4.69, 9.17) is 13.7 Å². The van der Waals surface area contributed by atoms with Crippen LogP contribution in [0.25, 0.3) is 0 Å². The van der Waals surface area contributed by atoms with E-state index in [1.165, 1.54) is 0 Å². The summed E-state index contributed by atoms with van der Waals surface area (Å²) in [4.78, 5) is 0. The van der Waals surface area contributed by atoms with Crippen LogP contribution in [0.1, 0.15) is 25.7 Å². The Morgan fingerprint density at radius 1 is 0.920 bits per heavy atom. The SMILES string of the molecule is CC(C)(COC(Oc1ccccc1)c1ccccc1)COS(C)(=O)=O. The minimum Gasteiger partial charge on any atom is -0.461 e. The van der Waals surface area contributed by atoms with Gasteiger partial charge >= 0.3 is 0 Å². The summed E-state index contributed by atoms with van der Waals surface area (Å²) in [5.74, 6) is 0.696. The first kappa shape index (κ1) is 19.4. The molecule has 0 radical (unpaired) electrons. The third-order valence-electron chi connectivity index (χ3n) is 3.35. The minimum absolute atomic E-state index is 0.0404. The van der Waals surface area contributed by atoms with Gasteiger partial charge in [-0.15, -0.1) is 0 Å². The van der Waals surface area contributed by atoms with Gasteiger partial charge in [0.05, 0.1) is 19.5 Å². The maximum atomic E-state index is 11.2. The predicted molar refractivity (Wildman–Crippen MR) is 96.8 cm³/mol. The topological polar surface area (TPSA) is 61.8 Å². The van der Waals surface area contributed by atoms with Gasteiger partial charge in [0.25, 0.3) is 10.1 Å². The summed E-state index contributed by atoms with van der Waals surface area (Å²) in [5.41, 5.74) is 0.391. The molecule has 0 N–H and O–H groups in total. The minimum atomic E-state index is -3.48. The second-order valence-corrected chi connectivity index (χ2v) is 8.26. The molecule has 0 aromatic heterocycles. The van der Waals surface area contributed by atoms with Gasteiger partial charge in [-0.2, -0.15) is 8.42 Å². The maximum absolute atomic E-state index is 11.2. The van der Waals surface area contributed by atoms with E-state index in [9.17, 15) is 8.42 Å². The van der Waals surface area contributed by atoms with E-state index >= 15 is 0 Å². The molecule has 0 amide bonds. The number of hydrogen-bond donors (Lipinski definition) is 0. The van der Waals surface area contributed by atoms with Gasteiger partial charge in [-0.3, -0.25) is 4.18 Å². The molecule has 25 heavy (non-hydrogen) atoms. The first-order valence-electron chi connectivity index (χ1n) is 7.98.